The zero-order valence-electron chi connectivity index (χ0n) is 10.5. The van der Waals surface area contributed by atoms with Crippen LogP contribution in [-0.4, -0.2) is 31.2 Å². The van der Waals surface area contributed by atoms with E-state index >= 15 is 0 Å². The third kappa shape index (κ3) is 4.55. The third-order valence-corrected chi connectivity index (χ3v) is 2.84. The summed E-state index contributed by atoms with van der Waals surface area (Å²) in [5.74, 6) is 1.02. The van der Waals surface area contributed by atoms with E-state index in [9.17, 15) is 0 Å². The van der Waals surface area contributed by atoms with Crippen LogP contribution < -0.4 is 4.74 Å². The SMILES string of the molecule is Oc1ccc(OCCCOC2CCCCO2)cc1. The first kappa shape index (κ1) is 13.2. The lowest BCUT2D eigenvalue weighted by Gasteiger charge is -2.22. The summed E-state index contributed by atoms with van der Waals surface area (Å²) in [6, 6.07) is 6.73. The van der Waals surface area contributed by atoms with Gasteiger partial charge in [-0.1, -0.05) is 0 Å². The van der Waals surface area contributed by atoms with Crippen molar-refractivity contribution in [3.63, 3.8) is 0 Å². The van der Waals surface area contributed by atoms with Crippen molar-refractivity contribution in [2.24, 2.45) is 0 Å². The molecule has 1 saturated heterocycles. The van der Waals surface area contributed by atoms with E-state index in [1.807, 2.05) is 0 Å². The second-order valence-corrected chi connectivity index (χ2v) is 4.36. The van der Waals surface area contributed by atoms with Gasteiger partial charge < -0.3 is 19.3 Å². The van der Waals surface area contributed by atoms with Gasteiger partial charge in [0.05, 0.1) is 13.2 Å². The van der Waals surface area contributed by atoms with Crippen molar-refractivity contribution in [2.75, 3.05) is 19.8 Å². The van der Waals surface area contributed by atoms with E-state index in [0.717, 1.165) is 31.6 Å². The number of hydrogen-bond acceptors (Lipinski definition) is 4. The van der Waals surface area contributed by atoms with Crippen LogP contribution in [0.5, 0.6) is 11.5 Å². The molecule has 1 unspecified atom stereocenters. The average molecular weight is 252 g/mol. The van der Waals surface area contributed by atoms with Crippen LogP contribution in [-0.2, 0) is 9.47 Å². The van der Waals surface area contributed by atoms with Crippen LogP contribution in [0, 0.1) is 0 Å². The van der Waals surface area contributed by atoms with Crippen molar-refractivity contribution in [3.8, 4) is 11.5 Å². The summed E-state index contributed by atoms with van der Waals surface area (Å²) < 4.78 is 16.6. The van der Waals surface area contributed by atoms with Crippen LogP contribution in [0.15, 0.2) is 24.3 Å². The molecule has 1 aromatic rings. The molecule has 1 fully saturated rings. The van der Waals surface area contributed by atoms with Gasteiger partial charge in [-0.3, -0.25) is 0 Å². The predicted molar refractivity (Wildman–Crippen MR) is 67.8 cm³/mol. The minimum absolute atomic E-state index is 0.0209. The molecule has 0 aromatic heterocycles. The summed E-state index contributed by atoms with van der Waals surface area (Å²) >= 11 is 0. The molecule has 2 rings (SSSR count). The van der Waals surface area contributed by atoms with E-state index in [4.69, 9.17) is 19.3 Å². The molecule has 1 aliphatic rings. The minimum Gasteiger partial charge on any atom is -0.508 e. The first-order valence-corrected chi connectivity index (χ1v) is 6.49. The summed E-state index contributed by atoms with van der Waals surface area (Å²) in [6.07, 6.45) is 4.14. The standard InChI is InChI=1S/C14H20O4/c15-12-5-7-13(8-6-12)16-10-3-11-18-14-4-1-2-9-17-14/h5-8,14-15H,1-4,9-11H2. The van der Waals surface area contributed by atoms with Gasteiger partial charge in [-0.2, -0.15) is 0 Å². The molecule has 1 aromatic carbocycles. The van der Waals surface area contributed by atoms with Gasteiger partial charge in [0.15, 0.2) is 6.29 Å². The van der Waals surface area contributed by atoms with Crippen molar-refractivity contribution >= 4 is 0 Å². The molecule has 0 saturated carbocycles. The lowest BCUT2D eigenvalue weighted by molar-refractivity contribution is -0.163. The number of phenols is 1. The summed E-state index contributed by atoms with van der Waals surface area (Å²) in [4.78, 5) is 0. The molecule has 0 aliphatic carbocycles. The zero-order chi connectivity index (χ0) is 12.6. The molecule has 4 nitrogen and oxygen atoms in total. The predicted octanol–water partition coefficient (Wildman–Crippen LogP) is 2.70. The quantitative estimate of drug-likeness (QED) is 0.791. The molecule has 4 heteroatoms. The highest BCUT2D eigenvalue weighted by Crippen LogP contribution is 2.16. The van der Waals surface area contributed by atoms with Crippen molar-refractivity contribution in [1.82, 2.24) is 0 Å². The number of rotatable bonds is 6. The molecule has 1 heterocycles. The summed E-state index contributed by atoms with van der Waals surface area (Å²) in [6.45, 7) is 2.08. The number of aromatic hydroxyl groups is 1. The normalized spacial score (nSPS) is 19.7. The number of ether oxygens (including phenoxy) is 3. The van der Waals surface area contributed by atoms with Crippen LogP contribution >= 0.6 is 0 Å². The van der Waals surface area contributed by atoms with Crippen LogP contribution in [0.25, 0.3) is 0 Å². The Hall–Kier alpha value is -1.26. The molecule has 0 amide bonds. The Morgan fingerprint density at radius 1 is 1.17 bits per heavy atom. The highest BCUT2D eigenvalue weighted by molar-refractivity contribution is 5.29. The topological polar surface area (TPSA) is 47.9 Å². The molecular weight excluding hydrogens is 232 g/mol. The summed E-state index contributed by atoms with van der Waals surface area (Å²) in [5, 5.41) is 9.12. The summed E-state index contributed by atoms with van der Waals surface area (Å²) in [7, 11) is 0. The fourth-order valence-electron chi connectivity index (χ4n) is 1.85. The number of hydrogen-bond donors (Lipinski definition) is 1. The van der Waals surface area contributed by atoms with Gasteiger partial charge in [-0.25, -0.2) is 0 Å². The Balaban J connectivity index is 1.54. The minimum atomic E-state index is -0.0209. The van der Waals surface area contributed by atoms with Crippen LogP contribution in [0.2, 0.25) is 0 Å². The first-order valence-electron chi connectivity index (χ1n) is 6.49. The van der Waals surface area contributed by atoms with Crippen LogP contribution in [0.4, 0.5) is 0 Å². The molecule has 18 heavy (non-hydrogen) atoms. The van der Waals surface area contributed by atoms with E-state index < -0.39 is 0 Å². The Kier molecular flexibility index (Phi) is 5.30. The maximum Gasteiger partial charge on any atom is 0.157 e. The molecule has 0 spiro atoms. The van der Waals surface area contributed by atoms with Gasteiger partial charge in [-0.05, 0) is 43.5 Å². The number of benzene rings is 1. The Bertz CT molecular complexity index is 330. The van der Waals surface area contributed by atoms with Crippen LogP contribution in [0.1, 0.15) is 25.7 Å². The van der Waals surface area contributed by atoms with Crippen LogP contribution in [0.3, 0.4) is 0 Å². The Morgan fingerprint density at radius 2 is 2.00 bits per heavy atom. The number of phenolic OH excluding ortho intramolecular Hbond substituents is 1. The largest absolute Gasteiger partial charge is 0.508 e. The van der Waals surface area contributed by atoms with Gasteiger partial charge in [-0.15, -0.1) is 0 Å². The molecule has 1 N–H and O–H groups in total. The van der Waals surface area contributed by atoms with Crippen molar-refractivity contribution in [2.45, 2.75) is 32.0 Å². The van der Waals surface area contributed by atoms with E-state index in [1.54, 1.807) is 24.3 Å². The molecule has 0 radical (unpaired) electrons. The average Bonchev–Trinajstić information content (AvgIpc) is 2.42. The monoisotopic (exact) mass is 252 g/mol. The fourth-order valence-corrected chi connectivity index (χ4v) is 1.85. The van der Waals surface area contributed by atoms with Crippen molar-refractivity contribution in [1.29, 1.82) is 0 Å². The highest BCUT2D eigenvalue weighted by Gasteiger charge is 2.13. The molecule has 100 valence electrons. The molecule has 1 atom stereocenters. The van der Waals surface area contributed by atoms with Crippen molar-refractivity contribution < 1.29 is 19.3 Å². The first-order chi connectivity index (χ1) is 8.84. The lowest BCUT2D eigenvalue weighted by Crippen LogP contribution is -2.23. The zero-order valence-corrected chi connectivity index (χ0v) is 10.5. The maximum absolute atomic E-state index is 9.12. The Labute approximate surface area is 107 Å². The third-order valence-electron chi connectivity index (χ3n) is 2.84. The van der Waals surface area contributed by atoms with Gasteiger partial charge in [0.2, 0.25) is 0 Å². The Morgan fingerprint density at radius 3 is 2.72 bits per heavy atom. The highest BCUT2D eigenvalue weighted by atomic mass is 16.7. The van der Waals surface area contributed by atoms with Gasteiger partial charge in [0.1, 0.15) is 11.5 Å². The van der Waals surface area contributed by atoms with Crippen molar-refractivity contribution in [3.05, 3.63) is 24.3 Å². The van der Waals surface area contributed by atoms with E-state index in [1.165, 1.54) is 6.42 Å². The van der Waals surface area contributed by atoms with E-state index in [-0.39, 0.29) is 12.0 Å². The smallest absolute Gasteiger partial charge is 0.157 e. The van der Waals surface area contributed by atoms with Gasteiger partial charge >= 0.3 is 0 Å². The van der Waals surface area contributed by atoms with Gasteiger partial charge in [0, 0.05) is 13.0 Å². The fraction of sp³-hybridized carbons (Fsp3) is 0.571. The second-order valence-electron chi connectivity index (χ2n) is 4.36. The van der Waals surface area contributed by atoms with Gasteiger partial charge in [0.25, 0.3) is 0 Å². The second kappa shape index (κ2) is 7.24. The van der Waals surface area contributed by atoms with E-state index in [2.05, 4.69) is 0 Å². The lowest BCUT2D eigenvalue weighted by atomic mass is 10.2. The molecule has 1 aliphatic heterocycles. The van der Waals surface area contributed by atoms with E-state index in [0.29, 0.717) is 13.2 Å². The summed E-state index contributed by atoms with van der Waals surface area (Å²) in [5.41, 5.74) is 0. The molecular formula is C14H20O4. The maximum atomic E-state index is 9.12. The molecule has 0 bridgehead atoms.